The Kier molecular flexibility index (Phi) is 5.11. The van der Waals surface area contributed by atoms with Gasteiger partial charge in [-0.1, -0.05) is 12.1 Å². The van der Waals surface area contributed by atoms with E-state index in [1.165, 1.54) is 6.07 Å². The average molecular weight is 415 g/mol. The van der Waals surface area contributed by atoms with Crippen LogP contribution in [0.3, 0.4) is 0 Å². The van der Waals surface area contributed by atoms with Gasteiger partial charge in [-0.25, -0.2) is 9.37 Å². The van der Waals surface area contributed by atoms with E-state index in [4.69, 9.17) is 21.0 Å². The van der Waals surface area contributed by atoms with E-state index in [1.54, 1.807) is 13.0 Å². The topological polar surface area (TPSA) is 46.3 Å². The number of hydrogen-bond donors (Lipinski definition) is 0. The highest BCUT2D eigenvalue weighted by molar-refractivity contribution is 6.19. The molecule has 3 aromatic rings. The standard InChI is InChI=1S/C23H24ClFN2O2/c1-14-11-15(6-8-17(14)25)16-7-9-20-18(12-16)26-21(29-20)19-5-4-10-27(19)22(28)23(2,3)13-24/h6-9,11-12,19H,4-5,10,13H2,1-3H3/t19-/m0/s1. The molecule has 1 amide bonds. The number of benzene rings is 2. The zero-order valence-corrected chi connectivity index (χ0v) is 17.6. The van der Waals surface area contributed by atoms with Crippen LogP contribution in [0.2, 0.25) is 0 Å². The average Bonchev–Trinajstić information content (AvgIpc) is 3.35. The highest BCUT2D eigenvalue weighted by Gasteiger charge is 2.39. The molecular formula is C23H24ClFN2O2. The Morgan fingerprint density at radius 3 is 2.72 bits per heavy atom. The van der Waals surface area contributed by atoms with Crippen molar-refractivity contribution in [3.8, 4) is 11.1 Å². The minimum Gasteiger partial charge on any atom is -0.438 e. The Hall–Kier alpha value is -2.40. The Bertz CT molecular complexity index is 1080. The van der Waals surface area contributed by atoms with Crippen molar-refractivity contribution in [2.45, 2.75) is 39.7 Å². The van der Waals surface area contributed by atoms with Crippen molar-refractivity contribution >= 4 is 28.6 Å². The molecule has 0 N–H and O–H groups in total. The summed E-state index contributed by atoms with van der Waals surface area (Å²) in [5.74, 6) is 0.635. The third-order valence-corrected chi connectivity index (χ3v) is 6.28. The van der Waals surface area contributed by atoms with Crippen LogP contribution in [0, 0.1) is 18.2 Å². The summed E-state index contributed by atoms with van der Waals surface area (Å²) < 4.78 is 19.6. The normalized spacial score (nSPS) is 17.3. The van der Waals surface area contributed by atoms with Crippen molar-refractivity contribution in [1.82, 2.24) is 9.88 Å². The molecule has 1 aliphatic rings. The Labute approximate surface area is 174 Å². The van der Waals surface area contributed by atoms with Gasteiger partial charge in [-0.2, -0.15) is 0 Å². The van der Waals surface area contributed by atoms with Crippen molar-refractivity contribution in [3.05, 3.63) is 53.7 Å². The fourth-order valence-corrected chi connectivity index (χ4v) is 3.92. The van der Waals surface area contributed by atoms with Gasteiger partial charge in [0.25, 0.3) is 0 Å². The second kappa shape index (κ2) is 7.45. The lowest BCUT2D eigenvalue weighted by atomic mass is 9.94. The summed E-state index contributed by atoms with van der Waals surface area (Å²) in [5, 5.41) is 0. The minimum atomic E-state index is -0.621. The lowest BCUT2D eigenvalue weighted by Crippen LogP contribution is -2.41. The van der Waals surface area contributed by atoms with Crippen molar-refractivity contribution in [2.75, 3.05) is 12.4 Å². The van der Waals surface area contributed by atoms with Crippen molar-refractivity contribution in [2.24, 2.45) is 5.41 Å². The molecule has 4 rings (SSSR count). The maximum atomic E-state index is 13.6. The molecule has 1 saturated heterocycles. The van der Waals surface area contributed by atoms with E-state index in [0.29, 0.717) is 23.6 Å². The molecule has 29 heavy (non-hydrogen) atoms. The van der Waals surface area contributed by atoms with Gasteiger partial charge in [0.1, 0.15) is 17.4 Å². The molecule has 1 fully saturated rings. The number of rotatable bonds is 4. The molecule has 6 heteroatoms. The monoisotopic (exact) mass is 414 g/mol. The molecule has 0 aliphatic carbocycles. The van der Waals surface area contributed by atoms with E-state index in [0.717, 1.165) is 29.5 Å². The van der Waals surface area contributed by atoms with Crippen LogP contribution < -0.4 is 0 Å². The number of amides is 1. The second-order valence-corrected chi connectivity index (χ2v) is 8.64. The van der Waals surface area contributed by atoms with Crippen molar-refractivity contribution in [3.63, 3.8) is 0 Å². The van der Waals surface area contributed by atoms with Gasteiger partial charge in [0.05, 0.1) is 5.41 Å². The van der Waals surface area contributed by atoms with E-state index in [-0.39, 0.29) is 23.6 Å². The summed E-state index contributed by atoms with van der Waals surface area (Å²) >= 11 is 6.01. The predicted octanol–water partition coefficient (Wildman–Crippen LogP) is 5.87. The molecule has 0 unspecified atom stereocenters. The third kappa shape index (κ3) is 3.64. The summed E-state index contributed by atoms with van der Waals surface area (Å²) in [6, 6.07) is 10.7. The lowest BCUT2D eigenvalue weighted by Gasteiger charge is -2.30. The van der Waals surface area contributed by atoms with Gasteiger partial charge >= 0.3 is 0 Å². The first-order valence-electron chi connectivity index (χ1n) is 9.84. The zero-order valence-electron chi connectivity index (χ0n) is 16.8. The molecule has 1 aliphatic heterocycles. The van der Waals surface area contributed by atoms with Crippen LogP contribution in [0.1, 0.15) is 44.2 Å². The SMILES string of the molecule is Cc1cc(-c2ccc3oc([C@@H]4CCCN4C(=O)C(C)(C)CCl)nc3c2)ccc1F. The quantitative estimate of drug-likeness (QED) is 0.501. The number of carbonyl (C=O) groups excluding carboxylic acids is 1. The van der Waals surface area contributed by atoms with Crippen LogP contribution in [-0.2, 0) is 4.79 Å². The molecular weight excluding hydrogens is 391 g/mol. The minimum absolute atomic E-state index is 0.0275. The molecule has 0 bridgehead atoms. The Balaban J connectivity index is 1.67. The number of likely N-dealkylation sites (tertiary alicyclic amines) is 1. The van der Waals surface area contributed by atoms with Gasteiger partial charge < -0.3 is 9.32 Å². The maximum Gasteiger partial charge on any atom is 0.230 e. The molecule has 0 spiro atoms. The summed E-state index contributed by atoms with van der Waals surface area (Å²) in [4.78, 5) is 19.5. The van der Waals surface area contributed by atoms with Crippen LogP contribution in [-0.4, -0.2) is 28.2 Å². The fraction of sp³-hybridized carbons (Fsp3) is 0.391. The number of hydrogen-bond acceptors (Lipinski definition) is 3. The Morgan fingerprint density at radius 2 is 2.00 bits per heavy atom. The van der Waals surface area contributed by atoms with Gasteiger partial charge in [0.2, 0.25) is 11.8 Å². The predicted molar refractivity (Wildman–Crippen MR) is 112 cm³/mol. The molecule has 152 valence electrons. The van der Waals surface area contributed by atoms with Gasteiger partial charge in [-0.15, -0.1) is 11.6 Å². The maximum absolute atomic E-state index is 13.6. The van der Waals surface area contributed by atoms with E-state index >= 15 is 0 Å². The number of alkyl halides is 1. The van der Waals surface area contributed by atoms with E-state index in [2.05, 4.69) is 0 Å². The van der Waals surface area contributed by atoms with Gasteiger partial charge in [-0.05, 0) is 74.6 Å². The molecule has 2 aromatic carbocycles. The molecule has 0 radical (unpaired) electrons. The first-order valence-corrected chi connectivity index (χ1v) is 10.4. The zero-order chi connectivity index (χ0) is 20.8. The second-order valence-electron chi connectivity index (χ2n) is 8.37. The summed E-state index contributed by atoms with van der Waals surface area (Å²) in [7, 11) is 0. The van der Waals surface area contributed by atoms with Gasteiger partial charge in [0.15, 0.2) is 5.58 Å². The van der Waals surface area contributed by atoms with Crippen LogP contribution in [0.5, 0.6) is 0 Å². The first kappa shape index (κ1) is 19.9. The van der Waals surface area contributed by atoms with Crippen LogP contribution in [0.15, 0.2) is 40.8 Å². The summed E-state index contributed by atoms with van der Waals surface area (Å²) in [6.45, 7) is 6.16. The molecule has 0 saturated carbocycles. The third-order valence-electron chi connectivity index (χ3n) is 5.61. The van der Waals surface area contributed by atoms with Crippen molar-refractivity contribution < 1.29 is 13.6 Å². The summed E-state index contributed by atoms with van der Waals surface area (Å²) in [6.07, 6.45) is 1.73. The number of fused-ring (bicyclic) bond motifs is 1. The van der Waals surface area contributed by atoms with E-state index < -0.39 is 5.41 Å². The van der Waals surface area contributed by atoms with Crippen LogP contribution >= 0.6 is 11.6 Å². The van der Waals surface area contributed by atoms with E-state index in [9.17, 15) is 9.18 Å². The molecule has 2 heterocycles. The lowest BCUT2D eigenvalue weighted by molar-refractivity contribution is -0.140. The van der Waals surface area contributed by atoms with E-state index in [1.807, 2.05) is 43.0 Å². The number of aryl methyl sites for hydroxylation is 1. The number of halogens is 2. The van der Waals surface area contributed by atoms with Gasteiger partial charge in [-0.3, -0.25) is 4.79 Å². The Morgan fingerprint density at radius 1 is 1.28 bits per heavy atom. The molecule has 1 atom stereocenters. The number of nitrogens with zero attached hydrogens (tertiary/aromatic N) is 2. The van der Waals surface area contributed by atoms with Crippen LogP contribution in [0.25, 0.3) is 22.2 Å². The molecule has 4 nitrogen and oxygen atoms in total. The highest BCUT2D eigenvalue weighted by atomic mass is 35.5. The number of oxazole rings is 1. The van der Waals surface area contributed by atoms with Crippen molar-refractivity contribution in [1.29, 1.82) is 0 Å². The first-order chi connectivity index (χ1) is 13.8. The summed E-state index contributed by atoms with van der Waals surface area (Å²) in [5.41, 5.74) is 3.27. The number of carbonyl (C=O) groups is 1. The fourth-order valence-electron chi connectivity index (χ4n) is 3.80. The van der Waals surface area contributed by atoms with Crippen LogP contribution in [0.4, 0.5) is 4.39 Å². The smallest absolute Gasteiger partial charge is 0.230 e. The van der Waals surface area contributed by atoms with Gasteiger partial charge in [0, 0.05) is 12.4 Å². The number of aromatic nitrogens is 1. The highest BCUT2D eigenvalue weighted by Crippen LogP contribution is 2.37. The molecule has 1 aromatic heterocycles. The largest absolute Gasteiger partial charge is 0.438 e.